The van der Waals surface area contributed by atoms with Crippen molar-refractivity contribution in [1.82, 2.24) is 10.3 Å². The van der Waals surface area contributed by atoms with Crippen molar-refractivity contribution in [2.75, 3.05) is 7.11 Å². The number of ketones is 1. The van der Waals surface area contributed by atoms with E-state index in [4.69, 9.17) is 0 Å². The van der Waals surface area contributed by atoms with E-state index in [9.17, 15) is 14.4 Å². The Morgan fingerprint density at radius 1 is 0.750 bits per heavy atom. The van der Waals surface area contributed by atoms with Crippen LogP contribution in [0.4, 0.5) is 0 Å². The summed E-state index contributed by atoms with van der Waals surface area (Å²) in [6, 6.07) is 0. The predicted octanol–water partition coefficient (Wildman–Crippen LogP) is 6.98. The molecule has 1 aromatic heterocycles. The number of nitrogens with one attached hydrogen (secondary N) is 2. The minimum Gasteiger partial charge on any atom is -0.469 e. The van der Waals surface area contributed by atoms with Gasteiger partial charge in [0, 0.05) is 29.8 Å². The number of allylic oxidation sites excluding steroid dienone is 1. The summed E-state index contributed by atoms with van der Waals surface area (Å²) in [4.78, 5) is 40.1. The Morgan fingerprint density at radius 3 is 1.83 bits per heavy atom. The van der Waals surface area contributed by atoms with Crippen LogP contribution in [0.25, 0.3) is 6.08 Å². The lowest BCUT2D eigenvalue weighted by molar-refractivity contribution is -0.140. The minimum absolute atomic E-state index is 0.00147. The molecular weight excluding hydrogens is 452 g/mol. The number of aromatic nitrogens is 1. The van der Waals surface area contributed by atoms with E-state index in [1.165, 1.54) is 25.5 Å². The molecule has 1 amide bonds. The van der Waals surface area contributed by atoms with Crippen LogP contribution in [0.5, 0.6) is 0 Å². The quantitative estimate of drug-likeness (QED) is 0.138. The van der Waals surface area contributed by atoms with E-state index < -0.39 is 0 Å². The number of esters is 1. The van der Waals surface area contributed by atoms with E-state index in [0.29, 0.717) is 12.8 Å². The van der Waals surface area contributed by atoms with E-state index >= 15 is 0 Å². The molecular formula is C30H46N2O4. The highest BCUT2D eigenvalue weighted by Gasteiger charge is 2.26. The van der Waals surface area contributed by atoms with Gasteiger partial charge in [0.25, 0.3) is 5.91 Å². The topological polar surface area (TPSA) is 88.3 Å². The molecule has 1 aliphatic heterocycles. The van der Waals surface area contributed by atoms with Gasteiger partial charge in [-0.3, -0.25) is 14.4 Å². The van der Waals surface area contributed by atoms with Crippen LogP contribution in [0.2, 0.25) is 0 Å². The van der Waals surface area contributed by atoms with Crippen LogP contribution in [0.1, 0.15) is 132 Å². The summed E-state index contributed by atoms with van der Waals surface area (Å²) >= 11 is 0. The van der Waals surface area contributed by atoms with Crippen LogP contribution < -0.4 is 5.32 Å². The lowest BCUT2D eigenvalue weighted by Crippen LogP contribution is -2.16. The highest BCUT2D eigenvalue weighted by Crippen LogP contribution is 2.30. The van der Waals surface area contributed by atoms with E-state index in [-0.39, 0.29) is 17.7 Å². The van der Waals surface area contributed by atoms with Gasteiger partial charge in [0.1, 0.15) is 0 Å². The summed E-state index contributed by atoms with van der Waals surface area (Å²) in [5.74, 6) is 0.0599. The summed E-state index contributed by atoms with van der Waals surface area (Å²) in [7, 11) is 1.43. The largest absolute Gasteiger partial charge is 0.469 e. The third-order valence-corrected chi connectivity index (χ3v) is 7.21. The summed E-state index contributed by atoms with van der Waals surface area (Å²) < 4.78 is 4.66. The van der Waals surface area contributed by atoms with Crippen LogP contribution in [0.15, 0.2) is 16.8 Å². The summed E-state index contributed by atoms with van der Waals surface area (Å²) in [5.41, 5.74) is 6.79. The van der Waals surface area contributed by atoms with E-state index in [2.05, 4.69) is 35.8 Å². The average Bonchev–Trinajstić information content (AvgIpc) is 3.39. The first-order chi connectivity index (χ1) is 17.4. The molecule has 200 valence electrons. The number of amides is 1. The molecule has 6 nitrogen and oxygen atoms in total. The highest BCUT2D eigenvalue weighted by atomic mass is 16.5. The Hall–Kier alpha value is -2.63. The smallest absolute Gasteiger partial charge is 0.305 e. The molecule has 2 rings (SSSR count). The standard InChI is InChI=1S/C30H46N2O4/c1-6-21-23(8-3)29(31-25(21)20-26-22(7-2)24(9-4)30(35)32-26)27(33)18-16-14-12-10-11-13-15-17-19-28(34)36-5/h20,31H,6-19H2,1-5H3,(H,32,35)/b26-20+. The molecule has 0 radical (unpaired) electrons. The lowest BCUT2D eigenvalue weighted by Gasteiger charge is -2.05. The summed E-state index contributed by atoms with van der Waals surface area (Å²) in [5, 5.41) is 3.03. The second-order valence-electron chi connectivity index (χ2n) is 9.58. The van der Waals surface area contributed by atoms with Crippen molar-refractivity contribution in [2.24, 2.45) is 0 Å². The van der Waals surface area contributed by atoms with Crippen LogP contribution in [0, 0.1) is 0 Å². The van der Waals surface area contributed by atoms with Crippen molar-refractivity contribution in [3.63, 3.8) is 0 Å². The van der Waals surface area contributed by atoms with Crippen molar-refractivity contribution in [3.8, 4) is 0 Å². The molecule has 1 aliphatic rings. The molecule has 0 saturated heterocycles. The lowest BCUT2D eigenvalue weighted by atomic mass is 9.98. The zero-order valence-electron chi connectivity index (χ0n) is 23.1. The molecule has 6 heteroatoms. The fourth-order valence-corrected chi connectivity index (χ4v) is 5.21. The second kappa shape index (κ2) is 15.5. The number of carbonyl (C=O) groups excluding carboxylic acids is 3. The van der Waals surface area contributed by atoms with E-state index in [0.717, 1.165) is 98.0 Å². The number of rotatable bonds is 17. The molecule has 0 saturated carbocycles. The normalized spacial score (nSPS) is 14.6. The van der Waals surface area contributed by atoms with Crippen molar-refractivity contribution >= 4 is 23.7 Å². The van der Waals surface area contributed by atoms with Crippen LogP contribution in [-0.4, -0.2) is 29.8 Å². The molecule has 0 aliphatic carbocycles. The van der Waals surface area contributed by atoms with Gasteiger partial charge in [-0.25, -0.2) is 0 Å². The molecule has 0 atom stereocenters. The summed E-state index contributed by atoms with van der Waals surface area (Å²) in [6.45, 7) is 8.31. The number of carbonyl (C=O) groups is 3. The summed E-state index contributed by atoms with van der Waals surface area (Å²) in [6.07, 6.45) is 14.8. The Balaban J connectivity index is 1.91. The number of aromatic amines is 1. The van der Waals surface area contributed by atoms with Crippen LogP contribution in [-0.2, 0) is 27.2 Å². The minimum atomic E-state index is -0.124. The average molecular weight is 499 g/mol. The Labute approximate surface area is 217 Å². The Bertz CT molecular complexity index is 968. The van der Waals surface area contributed by atoms with Gasteiger partial charge in [-0.2, -0.15) is 0 Å². The second-order valence-corrected chi connectivity index (χ2v) is 9.58. The molecule has 0 bridgehead atoms. The first-order valence-electron chi connectivity index (χ1n) is 14.0. The predicted molar refractivity (Wildman–Crippen MR) is 146 cm³/mol. The molecule has 1 aromatic rings. The van der Waals surface area contributed by atoms with Gasteiger partial charge in [-0.1, -0.05) is 66.2 Å². The van der Waals surface area contributed by atoms with Crippen molar-refractivity contribution in [2.45, 2.75) is 118 Å². The molecule has 36 heavy (non-hydrogen) atoms. The third kappa shape index (κ3) is 7.94. The fraction of sp³-hybridized carbons (Fsp3) is 0.633. The van der Waals surface area contributed by atoms with Crippen molar-refractivity contribution in [1.29, 1.82) is 0 Å². The van der Waals surface area contributed by atoms with Gasteiger partial charge in [0.15, 0.2) is 5.78 Å². The number of unbranched alkanes of at least 4 members (excludes halogenated alkanes) is 7. The SMILES string of the molecule is CCC1=C(CC)/C(=C\c2[nH]c(C(=O)CCCCCCCCCCC(=O)OC)c(CC)c2CC)NC1=O. The van der Waals surface area contributed by atoms with E-state index in [1.807, 2.05) is 13.0 Å². The van der Waals surface area contributed by atoms with Crippen LogP contribution >= 0.6 is 0 Å². The number of hydrogen-bond donors (Lipinski definition) is 2. The Kier molecular flexibility index (Phi) is 12.7. The molecule has 0 aromatic carbocycles. The third-order valence-electron chi connectivity index (χ3n) is 7.21. The van der Waals surface area contributed by atoms with Gasteiger partial charge in [-0.05, 0) is 61.3 Å². The van der Waals surface area contributed by atoms with Crippen molar-refractivity contribution in [3.05, 3.63) is 39.4 Å². The Morgan fingerprint density at radius 2 is 1.31 bits per heavy atom. The zero-order valence-corrected chi connectivity index (χ0v) is 23.1. The molecule has 0 spiro atoms. The first-order valence-corrected chi connectivity index (χ1v) is 14.0. The first kappa shape index (κ1) is 29.6. The number of Topliss-reactive ketones (excluding diaryl/α,β-unsaturated/α-hetero) is 1. The van der Waals surface area contributed by atoms with Gasteiger partial charge >= 0.3 is 5.97 Å². The number of H-pyrrole nitrogens is 1. The van der Waals surface area contributed by atoms with Gasteiger partial charge in [0.05, 0.1) is 12.8 Å². The van der Waals surface area contributed by atoms with Crippen LogP contribution in [0.3, 0.4) is 0 Å². The number of hydrogen-bond acceptors (Lipinski definition) is 4. The van der Waals surface area contributed by atoms with E-state index in [1.54, 1.807) is 0 Å². The van der Waals surface area contributed by atoms with Gasteiger partial charge in [-0.15, -0.1) is 0 Å². The maximum atomic E-state index is 13.1. The number of methoxy groups -OCH3 is 1. The molecule has 0 fully saturated rings. The van der Waals surface area contributed by atoms with Gasteiger partial charge in [0.2, 0.25) is 0 Å². The van der Waals surface area contributed by atoms with Crippen molar-refractivity contribution < 1.29 is 19.1 Å². The maximum Gasteiger partial charge on any atom is 0.305 e. The zero-order chi connectivity index (χ0) is 26.5. The number of ether oxygens (including phenoxy) is 1. The monoisotopic (exact) mass is 498 g/mol. The maximum absolute atomic E-state index is 13.1. The molecule has 2 N–H and O–H groups in total. The fourth-order valence-electron chi connectivity index (χ4n) is 5.21. The molecule has 0 unspecified atom stereocenters. The molecule has 2 heterocycles. The van der Waals surface area contributed by atoms with Gasteiger partial charge < -0.3 is 15.0 Å². The highest BCUT2D eigenvalue weighted by molar-refractivity contribution is 6.01.